The number of methoxy groups -OCH3 is 1. The van der Waals surface area contributed by atoms with Crippen molar-refractivity contribution in [1.29, 1.82) is 0 Å². The second-order valence-corrected chi connectivity index (χ2v) is 5.91. The van der Waals surface area contributed by atoms with Crippen LogP contribution >= 0.6 is 11.6 Å². The first-order valence-corrected chi connectivity index (χ1v) is 7.94. The van der Waals surface area contributed by atoms with Gasteiger partial charge in [-0.2, -0.15) is 0 Å². The maximum absolute atomic E-state index is 12.7. The zero-order valence-corrected chi connectivity index (χ0v) is 14.3. The number of fused-ring (bicyclic) bond motifs is 1. The van der Waals surface area contributed by atoms with Gasteiger partial charge in [0.1, 0.15) is 19.0 Å². The third kappa shape index (κ3) is 3.41. The Balaban J connectivity index is 1.79. The second kappa shape index (κ2) is 7.01. The molecular weight excluding hydrogens is 330 g/mol. The Hall–Kier alpha value is -2.40. The molecule has 0 saturated carbocycles. The maximum Gasteiger partial charge on any atom is 0.254 e. The van der Waals surface area contributed by atoms with Gasteiger partial charge in [0.25, 0.3) is 5.91 Å². The van der Waals surface area contributed by atoms with Gasteiger partial charge in [-0.1, -0.05) is 11.6 Å². The lowest BCUT2D eigenvalue weighted by Gasteiger charge is -2.21. The predicted octanol–water partition coefficient (Wildman–Crippen LogP) is 3.39. The van der Waals surface area contributed by atoms with Crippen LogP contribution in [0.25, 0.3) is 0 Å². The minimum atomic E-state index is -0.117. The fraction of sp³-hybridized carbons (Fsp3) is 0.278. The van der Waals surface area contributed by atoms with Crippen molar-refractivity contribution in [3.63, 3.8) is 0 Å². The van der Waals surface area contributed by atoms with Crippen molar-refractivity contribution in [3.05, 3.63) is 52.5 Å². The third-order valence-corrected chi connectivity index (χ3v) is 4.02. The molecule has 1 aliphatic heterocycles. The van der Waals surface area contributed by atoms with E-state index in [-0.39, 0.29) is 5.91 Å². The molecule has 0 N–H and O–H groups in total. The van der Waals surface area contributed by atoms with Gasteiger partial charge in [-0.05, 0) is 36.4 Å². The van der Waals surface area contributed by atoms with Gasteiger partial charge in [0.15, 0.2) is 11.5 Å². The molecule has 0 unspecified atom stereocenters. The summed E-state index contributed by atoms with van der Waals surface area (Å²) in [6.07, 6.45) is 0. The van der Waals surface area contributed by atoms with Crippen molar-refractivity contribution in [1.82, 2.24) is 4.90 Å². The van der Waals surface area contributed by atoms with Crippen molar-refractivity contribution in [3.8, 4) is 17.2 Å². The van der Waals surface area contributed by atoms with E-state index in [4.69, 9.17) is 25.8 Å². The number of halogens is 1. The molecule has 2 aromatic carbocycles. The fourth-order valence-electron chi connectivity index (χ4n) is 2.59. The molecule has 0 bridgehead atoms. The minimum Gasteiger partial charge on any atom is -0.496 e. The summed E-state index contributed by atoms with van der Waals surface area (Å²) in [5, 5.41) is 0.603. The summed E-state index contributed by atoms with van der Waals surface area (Å²) in [7, 11) is 3.33. The molecule has 1 heterocycles. The number of carbonyl (C=O) groups is 1. The van der Waals surface area contributed by atoms with Crippen LogP contribution in [0.15, 0.2) is 36.4 Å². The molecule has 3 rings (SSSR count). The number of nitrogens with zero attached hydrogens (tertiary/aromatic N) is 1. The molecule has 0 saturated heterocycles. The molecule has 126 valence electrons. The molecule has 24 heavy (non-hydrogen) atoms. The first-order chi connectivity index (χ1) is 11.6. The van der Waals surface area contributed by atoms with Gasteiger partial charge in [0.2, 0.25) is 0 Å². The van der Waals surface area contributed by atoms with Gasteiger partial charge >= 0.3 is 0 Å². The van der Waals surface area contributed by atoms with Crippen LogP contribution in [0.5, 0.6) is 17.2 Å². The first-order valence-electron chi connectivity index (χ1n) is 7.56. The van der Waals surface area contributed by atoms with E-state index in [1.807, 2.05) is 0 Å². The largest absolute Gasteiger partial charge is 0.496 e. The normalized spacial score (nSPS) is 12.6. The lowest BCUT2D eigenvalue weighted by molar-refractivity contribution is 0.0783. The number of benzene rings is 2. The molecule has 6 heteroatoms. The maximum atomic E-state index is 12.7. The highest BCUT2D eigenvalue weighted by Gasteiger charge is 2.18. The van der Waals surface area contributed by atoms with Gasteiger partial charge in [0, 0.05) is 29.7 Å². The third-order valence-electron chi connectivity index (χ3n) is 3.79. The van der Waals surface area contributed by atoms with Crippen LogP contribution in [-0.2, 0) is 6.54 Å². The Labute approximate surface area is 145 Å². The van der Waals surface area contributed by atoms with E-state index >= 15 is 0 Å². The molecule has 0 aliphatic carbocycles. The summed E-state index contributed by atoms with van der Waals surface area (Å²) in [6, 6.07) is 10.6. The van der Waals surface area contributed by atoms with Gasteiger partial charge in [-0.25, -0.2) is 0 Å². The predicted molar refractivity (Wildman–Crippen MR) is 91.2 cm³/mol. The molecule has 0 fully saturated rings. The Morgan fingerprint density at radius 2 is 1.92 bits per heavy atom. The van der Waals surface area contributed by atoms with E-state index in [0.29, 0.717) is 47.6 Å². The Kier molecular flexibility index (Phi) is 4.81. The fourth-order valence-corrected chi connectivity index (χ4v) is 2.79. The van der Waals surface area contributed by atoms with Crippen LogP contribution in [0.3, 0.4) is 0 Å². The highest BCUT2D eigenvalue weighted by molar-refractivity contribution is 6.30. The average molecular weight is 348 g/mol. The first kappa shape index (κ1) is 16.5. The highest BCUT2D eigenvalue weighted by Crippen LogP contribution is 2.31. The SMILES string of the molecule is COc1ccc(Cl)cc1CN(C)C(=O)c1ccc2c(c1)OCCO2. The van der Waals surface area contributed by atoms with Gasteiger partial charge < -0.3 is 19.1 Å². The van der Waals surface area contributed by atoms with E-state index in [9.17, 15) is 4.79 Å². The van der Waals surface area contributed by atoms with Crippen molar-refractivity contribution in [2.75, 3.05) is 27.4 Å². The summed E-state index contributed by atoms with van der Waals surface area (Å²) in [5.74, 6) is 1.84. The Morgan fingerprint density at radius 3 is 2.67 bits per heavy atom. The van der Waals surface area contributed by atoms with Crippen LogP contribution in [0.1, 0.15) is 15.9 Å². The van der Waals surface area contributed by atoms with Crippen LogP contribution < -0.4 is 14.2 Å². The number of amides is 1. The summed E-state index contributed by atoms with van der Waals surface area (Å²) in [5.41, 5.74) is 1.39. The monoisotopic (exact) mass is 347 g/mol. The average Bonchev–Trinajstić information content (AvgIpc) is 2.61. The topological polar surface area (TPSA) is 48.0 Å². The number of hydrogen-bond acceptors (Lipinski definition) is 4. The van der Waals surface area contributed by atoms with Gasteiger partial charge in [-0.15, -0.1) is 0 Å². The summed E-state index contributed by atoms with van der Waals surface area (Å²) >= 11 is 6.04. The Morgan fingerprint density at radius 1 is 1.17 bits per heavy atom. The number of rotatable bonds is 4. The zero-order chi connectivity index (χ0) is 17.1. The van der Waals surface area contributed by atoms with E-state index in [1.54, 1.807) is 55.5 Å². The summed E-state index contributed by atoms with van der Waals surface area (Å²) in [4.78, 5) is 14.3. The van der Waals surface area contributed by atoms with E-state index in [1.165, 1.54) is 0 Å². The minimum absolute atomic E-state index is 0.117. The number of hydrogen-bond donors (Lipinski definition) is 0. The van der Waals surface area contributed by atoms with Crippen molar-refractivity contribution < 1.29 is 19.0 Å². The smallest absolute Gasteiger partial charge is 0.254 e. The molecule has 2 aromatic rings. The lowest BCUT2D eigenvalue weighted by atomic mass is 10.1. The molecule has 0 atom stereocenters. The summed E-state index contributed by atoms with van der Waals surface area (Å²) < 4.78 is 16.3. The van der Waals surface area contributed by atoms with Crippen molar-refractivity contribution in [2.24, 2.45) is 0 Å². The Bertz CT molecular complexity index is 763. The quantitative estimate of drug-likeness (QED) is 0.850. The van der Waals surface area contributed by atoms with Crippen LogP contribution in [0.4, 0.5) is 0 Å². The molecule has 0 radical (unpaired) electrons. The van der Waals surface area contributed by atoms with Crippen LogP contribution in [-0.4, -0.2) is 38.2 Å². The van der Waals surface area contributed by atoms with Crippen LogP contribution in [0.2, 0.25) is 5.02 Å². The molecule has 1 aliphatic rings. The summed E-state index contributed by atoms with van der Waals surface area (Å²) in [6.45, 7) is 1.39. The van der Waals surface area contributed by atoms with Crippen molar-refractivity contribution >= 4 is 17.5 Å². The molecule has 1 amide bonds. The van der Waals surface area contributed by atoms with Gasteiger partial charge in [-0.3, -0.25) is 4.79 Å². The van der Waals surface area contributed by atoms with Gasteiger partial charge in [0.05, 0.1) is 7.11 Å². The van der Waals surface area contributed by atoms with E-state index in [0.717, 1.165) is 5.56 Å². The van der Waals surface area contributed by atoms with E-state index in [2.05, 4.69) is 0 Å². The molecular formula is C18H18ClNO4. The van der Waals surface area contributed by atoms with Crippen molar-refractivity contribution in [2.45, 2.75) is 6.54 Å². The second-order valence-electron chi connectivity index (χ2n) is 5.48. The number of ether oxygens (including phenoxy) is 3. The standard InChI is InChI=1S/C18H18ClNO4/c1-20(11-13-9-14(19)4-6-15(13)22-2)18(21)12-3-5-16-17(10-12)24-8-7-23-16/h3-6,9-10H,7-8,11H2,1-2H3. The lowest BCUT2D eigenvalue weighted by Crippen LogP contribution is -2.26. The molecule has 0 spiro atoms. The molecule has 5 nitrogen and oxygen atoms in total. The molecule has 0 aromatic heterocycles. The highest BCUT2D eigenvalue weighted by atomic mass is 35.5. The number of carbonyl (C=O) groups excluding carboxylic acids is 1. The van der Waals surface area contributed by atoms with E-state index < -0.39 is 0 Å². The zero-order valence-electron chi connectivity index (χ0n) is 13.5. The van der Waals surface area contributed by atoms with Crippen LogP contribution in [0, 0.1) is 0 Å².